The molecule has 0 aliphatic carbocycles. The Balaban J connectivity index is 1.67. The Morgan fingerprint density at radius 1 is 1.19 bits per heavy atom. The van der Waals surface area contributed by atoms with Crippen LogP contribution in [0.3, 0.4) is 0 Å². The van der Waals surface area contributed by atoms with Crippen molar-refractivity contribution in [1.82, 2.24) is 19.7 Å². The monoisotopic (exact) mass is 384 g/mol. The van der Waals surface area contributed by atoms with Gasteiger partial charge in [0.15, 0.2) is 5.16 Å². The highest BCUT2D eigenvalue weighted by atomic mass is 32.2. The summed E-state index contributed by atoms with van der Waals surface area (Å²) in [5.41, 5.74) is 2.17. The molecule has 1 aromatic carbocycles. The summed E-state index contributed by atoms with van der Waals surface area (Å²) in [7, 11) is 0. The van der Waals surface area contributed by atoms with Crippen LogP contribution in [0.2, 0.25) is 0 Å². The van der Waals surface area contributed by atoms with Crippen molar-refractivity contribution in [2.45, 2.75) is 45.4 Å². The Morgan fingerprint density at radius 2 is 1.93 bits per heavy atom. The summed E-state index contributed by atoms with van der Waals surface area (Å²) in [5, 5.41) is 8.87. The minimum absolute atomic E-state index is 0.0440. The number of rotatable bonds is 7. The Kier molecular flexibility index (Phi) is 6.01. The van der Waals surface area contributed by atoms with Crippen LogP contribution >= 0.6 is 11.8 Å². The number of nitrogens with zero attached hydrogens (tertiary/aromatic N) is 4. The van der Waals surface area contributed by atoms with Crippen LogP contribution < -0.4 is 0 Å². The van der Waals surface area contributed by atoms with E-state index >= 15 is 0 Å². The minimum Gasteiger partial charge on any atom is -0.464 e. The van der Waals surface area contributed by atoms with Gasteiger partial charge in [-0.3, -0.25) is 9.36 Å². The number of aryl methyl sites for hydroxylation is 2. The molecule has 2 aromatic heterocycles. The summed E-state index contributed by atoms with van der Waals surface area (Å²) in [6, 6.07) is 12.0. The second-order valence-electron chi connectivity index (χ2n) is 6.74. The molecule has 0 unspecified atom stereocenters. The Hall–Kier alpha value is -2.54. The lowest BCUT2D eigenvalue weighted by molar-refractivity contribution is -0.130. The number of amides is 1. The molecule has 0 saturated heterocycles. The van der Waals surface area contributed by atoms with Crippen molar-refractivity contribution < 1.29 is 9.21 Å². The lowest BCUT2D eigenvalue weighted by atomic mass is 10.2. The summed E-state index contributed by atoms with van der Waals surface area (Å²) in [4.78, 5) is 14.6. The number of carbonyl (C=O) groups is 1. The van der Waals surface area contributed by atoms with Gasteiger partial charge in [0, 0.05) is 11.7 Å². The van der Waals surface area contributed by atoms with E-state index in [0.29, 0.717) is 17.5 Å². The molecular weight excluding hydrogens is 360 g/mol. The summed E-state index contributed by atoms with van der Waals surface area (Å²) < 4.78 is 7.52. The highest BCUT2D eigenvalue weighted by Crippen LogP contribution is 2.21. The fourth-order valence-corrected chi connectivity index (χ4v) is 3.53. The van der Waals surface area contributed by atoms with Gasteiger partial charge in [-0.2, -0.15) is 0 Å². The zero-order valence-electron chi connectivity index (χ0n) is 16.0. The zero-order valence-corrected chi connectivity index (χ0v) is 16.9. The van der Waals surface area contributed by atoms with Crippen LogP contribution in [-0.2, 0) is 11.3 Å². The molecule has 142 valence electrons. The molecule has 3 aromatic rings. The van der Waals surface area contributed by atoms with Gasteiger partial charge in [-0.1, -0.05) is 29.5 Å². The number of benzene rings is 1. The number of thioether (sulfide) groups is 1. The van der Waals surface area contributed by atoms with Gasteiger partial charge in [0.1, 0.15) is 17.8 Å². The third kappa shape index (κ3) is 4.80. The minimum atomic E-state index is 0.0440. The van der Waals surface area contributed by atoms with E-state index in [2.05, 4.69) is 10.2 Å². The molecule has 0 aliphatic rings. The molecule has 0 radical (unpaired) electrons. The summed E-state index contributed by atoms with van der Waals surface area (Å²) in [6.45, 7) is 8.43. The SMILES string of the molecule is Cc1ccc(-n2cnnc2SCC(=O)N(Cc2ccc(C)o2)C(C)C)cc1. The molecule has 0 atom stereocenters. The lowest BCUT2D eigenvalue weighted by Crippen LogP contribution is -2.37. The first-order valence-corrected chi connectivity index (χ1v) is 9.87. The summed E-state index contributed by atoms with van der Waals surface area (Å²) >= 11 is 1.39. The average Bonchev–Trinajstić information content (AvgIpc) is 3.27. The predicted octanol–water partition coefficient (Wildman–Crippen LogP) is 4.01. The molecule has 0 N–H and O–H groups in total. The zero-order chi connectivity index (χ0) is 19.4. The molecule has 0 bridgehead atoms. The highest BCUT2D eigenvalue weighted by Gasteiger charge is 2.20. The molecule has 0 spiro atoms. The maximum Gasteiger partial charge on any atom is 0.233 e. The fourth-order valence-electron chi connectivity index (χ4n) is 2.71. The van der Waals surface area contributed by atoms with Crippen LogP contribution in [0, 0.1) is 13.8 Å². The molecule has 6 nitrogen and oxygen atoms in total. The summed E-state index contributed by atoms with van der Waals surface area (Å²) in [6.07, 6.45) is 1.67. The molecule has 2 heterocycles. The van der Waals surface area contributed by atoms with Crippen LogP contribution in [0.15, 0.2) is 52.3 Å². The number of carbonyl (C=O) groups excluding carboxylic acids is 1. The number of furan rings is 1. The number of hydrogen-bond donors (Lipinski definition) is 0. The van der Waals surface area contributed by atoms with E-state index in [1.54, 1.807) is 6.33 Å². The van der Waals surface area contributed by atoms with E-state index in [1.165, 1.54) is 17.3 Å². The van der Waals surface area contributed by atoms with Gasteiger partial charge in [-0.15, -0.1) is 10.2 Å². The number of hydrogen-bond acceptors (Lipinski definition) is 5. The lowest BCUT2D eigenvalue weighted by Gasteiger charge is -2.25. The van der Waals surface area contributed by atoms with Crippen LogP contribution in [0.4, 0.5) is 0 Å². The normalized spacial score (nSPS) is 11.1. The number of aromatic nitrogens is 3. The standard InChI is InChI=1S/C20H24N4O2S/c1-14(2)23(11-18-10-7-16(4)26-18)19(25)12-27-20-22-21-13-24(20)17-8-5-15(3)6-9-17/h5-10,13-14H,11-12H2,1-4H3. The van der Waals surface area contributed by atoms with E-state index < -0.39 is 0 Å². The fraction of sp³-hybridized carbons (Fsp3) is 0.350. The predicted molar refractivity (Wildman–Crippen MR) is 106 cm³/mol. The van der Waals surface area contributed by atoms with Crippen molar-refractivity contribution in [2.75, 3.05) is 5.75 Å². The van der Waals surface area contributed by atoms with Crippen molar-refractivity contribution in [3.63, 3.8) is 0 Å². The van der Waals surface area contributed by atoms with Gasteiger partial charge < -0.3 is 9.32 Å². The van der Waals surface area contributed by atoms with Crippen LogP contribution in [0.5, 0.6) is 0 Å². The maximum atomic E-state index is 12.8. The van der Waals surface area contributed by atoms with Crippen LogP contribution in [0.25, 0.3) is 5.69 Å². The van der Waals surface area contributed by atoms with Gasteiger partial charge in [0.05, 0.1) is 12.3 Å². The van der Waals surface area contributed by atoms with Gasteiger partial charge in [-0.25, -0.2) is 0 Å². The first-order valence-electron chi connectivity index (χ1n) is 8.88. The first kappa shape index (κ1) is 19.2. The van der Waals surface area contributed by atoms with Crippen molar-refractivity contribution in [3.8, 4) is 5.69 Å². The Bertz CT molecular complexity index is 899. The van der Waals surface area contributed by atoms with E-state index in [-0.39, 0.29) is 11.9 Å². The van der Waals surface area contributed by atoms with Crippen LogP contribution in [-0.4, -0.2) is 37.4 Å². The average molecular weight is 385 g/mol. The van der Waals surface area contributed by atoms with Gasteiger partial charge >= 0.3 is 0 Å². The second kappa shape index (κ2) is 8.43. The first-order chi connectivity index (χ1) is 12.9. The van der Waals surface area contributed by atoms with Crippen LogP contribution in [0.1, 0.15) is 30.9 Å². The Labute approximate surface area is 163 Å². The molecule has 27 heavy (non-hydrogen) atoms. The molecular formula is C20H24N4O2S. The van der Waals surface area contributed by atoms with E-state index in [9.17, 15) is 4.79 Å². The molecule has 7 heteroatoms. The third-order valence-corrected chi connectivity index (χ3v) is 5.15. The van der Waals surface area contributed by atoms with Crippen molar-refractivity contribution in [2.24, 2.45) is 0 Å². The van der Waals surface area contributed by atoms with Gasteiger partial charge in [-0.05, 0) is 52.0 Å². The van der Waals surface area contributed by atoms with Crippen molar-refractivity contribution >= 4 is 17.7 Å². The third-order valence-electron chi connectivity index (χ3n) is 4.22. The highest BCUT2D eigenvalue weighted by molar-refractivity contribution is 7.99. The maximum absolute atomic E-state index is 12.8. The molecule has 1 amide bonds. The van der Waals surface area contributed by atoms with E-state index in [4.69, 9.17) is 4.42 Å². The summed E-state index contributed by atoms with van der Waals surface area (Å²) in [5.74, 6) is 1.98. The van der Waals surface area contributed by atoms with Crippen molar-refractivity contribution in [1.29, 1.82) is 0 Å². The van der Waals surface area contributed by atoms with Gasteiger partial charge in [0.25, 0.3) is 0 Å². The van der Waals surface area contributed by atoms with Crippen molar-refractivity contribution in [3.05, 3.63) is 59.8 Å². The Morgan fingerprint density at radius 3 is 2.56 bits per heavy atom. The quantitative estimate of drug-likeness (QED) is 0.576. The molecule has 0 fully saturated rings. The smallest absolute Gasteiger partial charge is 0.233 e. The topological polar surface area (TPSA) is 64.2 Å². The van der Waals surface area contributed by atoms with Gasteiger partial charge in [0.2, 0.25) is 5.91 Å². The van der Waals surface area contributed by atoms with E-state index in [0.717, 1.165) is 17.2 Å². The largest absolute Gasteiger partial charge is 0.464 e. The molecule has 0 aliphatic heterocycles. The molecule has 0 saturated carbocycles. The van der Waals surface area contributed by atoms with E-state index in [1.807, 2.05) is 73.6 Å². The second-order valence-corrected chi connectivity index (χ2v) is 7.68. The molecule has 3 rings (SSSR count).